The number of fused-ring (bicyclic) bond motifs is 6. The van der Waals surface area contributed by atoms with Gasteiger partial charge in [0.1, 0.15) is 21.8 Å². The molecule has 1 atom stereocenters. The fraction of sp³-hybridized carbons (Fsp3) is 0.179. The van der Waals surface area contributed by atoms with E-state index in [9.17, 15) is 0 Å². The molecule has 0 aliphatic heterocycles. The molecule has 0 spiro atoms. The number of aryl methyl sites for hydroxylation is 1. The number of allylic oxidation sites excluding steroid dienone is 1. The minimum Gasteiger partial charge on any atom is -0.347 e. The van der Waals surface area contributed by atoms with E-state index in [0.29, 0.717) is 22.5 Å². The third kappa shape index (κ3) is 6.92. The first-order chi connectivity index (χ1) is 26.1. The first-order valence-corrected chi connectivity index (χ1v) is 18.5. The van der Waals surface area contributed by atoms with E-state index in [0.717, 1.165) is 53.8 Å². The van der Waals surface area contributed by atoms with Gasteiger partial charge in [0, 0.05) is 48.3 Å². The van der Waals surface area contributed by atoms with Crippen LogP contribution in [0.2, 0.25) is 0 Å². The normalized spacial score (nSPS) is 12.1. The van der Waals surface area contributed by atoms with Gasteiger partial charge >= 0.3 is 0 Å². The number of anilines is 1. The van der Waals surface area contributed by atoms with Gasteiger partial charge in [-0.05, 0) is 80.7 Å². The Balaban J connectivity index is 0.000000167. The number of benzene rings is 3. The number of halogens is 1. The highest BCUT2D eigenvalue weighted by Gasteiger charge is 2.22. The number of nitrogens with zero attached hydrogens (tertiary/aromatic N) is 12. The maximum absolute atomic E-state index is 9.09. The van der Waals surface area contributed by atoms with Crippen molar-refractivity contribution in [3.8, 4) is 6.07 Å². The van der Waals surface area contributed by atoms with Crippen LogP contribution in [0.5, 0.6) is 0 Å². The van der Waals surface area contributed by atoms with Gasteiger partial charge in [-0.2, -0.15) is 5.26 Å². The Bertz CT molecular complexity index is 2850. The Morgan fingerprint density at radius 3 is 2.35 bits per heavy atom. The SMILES string of the molecule is CN(C)C(c1ccc(C#N)cc1)n1c(=S)c2cc(Br)ccc2n2cnnc12.Cc1ccc2c(c1)c(=S)n(CC=Cc1cccnc1)c1nnc(N(C)C)n21. The zero-order chi connectivity index (χ0) is 38.1. The fourth-order valence-electron chi connectivity index (χ4n) is 6.44. The van der Waals surface area contributed by atoms with Gasteiger partial charge in [0.25, 0.3) is 0 Å². The first kappa shape index (κ1) is 36.7. The van der Waals surface area contributed by atoms with Crippen molar-refractivity contribution in [2.24, 2.45) is 0 Å². The van der Waals surface area contributed by atoms with Gasteiger partial charge in [-0.3, -0.25) is 23.4 Å². The molecule has 5 heterocycles. The van der Waals surface area contributed by atoms with Gasteiger partial charge in [0.2, 0.25) is 17.5 Å². The molecule has 8 aromatic rings. The largest absolute Gasteiger partial charge is 0.347 e. The molecule has 0 fully saturated rings. The topological polar surface area (TPSA) is 113 Å². The predicted molar refractivity (Wildman–Crippen MR) is 222 cm³/mol. The van der Waals surface area contributed by atoms with Crippen LogP contribution in [0.4, 0.5) is 5.95 Å². The summed E-state index contributed by atoms with van der Waals surface area (Å²) in [6, 6.07) is 25.9. The molecule has 0 saturated carbocycles. The van der Waals surface area contributed by atoms with Gasteiger partial charge in [0.05, 0.1) is 22.7 Å². The summed E-state index contributed by atoms with van der Waals surface area (Å²) in [6.07, 6.45) is 9.20. The molecule has 0 bridgehead atoms. The average molecular weight is 816 g/mol. The lowest BCUT2D eigenvalue weighted by Crippen LogP contribution is -2.28. The van der Waals surface area contributed by atoms with Crippen molar-refractivity contribution in [1.82, 2.24) is 48.2 Å². The van der Waals surface area contributed by atoms with Crippen LogP contribution in [0.3, 0.4) is 0 Å². The summed E-state index contributed by atoms with van der Waals surface area (Å²) in [4.78, 5) is 8.16. The van der Waals surface area contributed by atoms with Crippen molar-refractivity contribution >= 4 is 85.8 Å². The summed E-state index contributed by atoms with van der Waals surface area (Å²) < 4.78 is 10.4. The molecule has 8 rings (SSSR count). The predicted octanol–water partition coefficient (Wildman–Crippen LogP) is 8.05. The Kier molecular flexibility index (Phi) is 10.4. The highest BCUT2D eigenvalue weighted by atomic mass is 79.9. The molecule has 270 valence electrons. The van der Waals surface area contributed by atoms with Gasteiger partial charge in [-0.1, -0.05) is 82.3 Å². The molecule has 1 unspecified atom stereocenters. The van der Waals surface area contributed by atoms with E-state index in [4.69, 9.17) is 29.7 Å². The van der Waals surface area contributed by atoms with Gasteiger partial charge in [-0.15, -0.1) is 20.4 Å². The van der Waals surface area contributed by atoms with Crippen molar-refractivity contribution in [1.29, 1.82) is 5.26 Å². The quantitative estimate of drug-likeness (QED) is 0.147. The van der Waals surface area contributed by atoms with Crippen LogP contribution in [-0.2, 0) is 6.54 Å². The lowest BCUT2D eigenvalue weighted by atomic mass is 10.1. The van der Waals surface area contributed by atoms with E-state index < -0.39 is 0 Å². The van der Waals surface area contributed by atoms with Crippen molar-refractivity contribution in [2.45, 2.75) is 19.6 Å². The van der Waals surface area contributed by atoms with E-state index in [-0.39, 0.29) is 6.17 Å². The Morgan fingerprint density at radius 1 is 0.889 bits per heavy atom. The number of hydrogen-bond acceptors (Lipinski definition) is 10. The van der Waals surface area contributed by atoms with Crippen molar-refractivity contribution in [2.75, 3.05) is 33.1 Å². The maximum atomic E-state index is 9.09. The van der Waals surface area contributed by atoms with E-state index in [2.05, 4.69) is 87.9 Å². The van der Waals surface area contributed by atoms with Gasteiger partial charge in [-0.25, -0.2) is 4.40 Å². The molecule has 0 N–H and O–H groups in total. The molecule has 0 amide bonds. The van der Waals surface area contributed by atoms with E-state index in [1.165, 1.54) is 5.56 Å². The summed E-state index contributed by atoms with van der Waals surface area (Å²) in [6.45, 7) is 2.68. The van der Waals surface area contributed by atoms with Crippen LogP contribution in [0.25, 0.3) is 39.4 Å². The van der Waals surface area contributed by atoms with Crippen molar-refractivity contribution < 1.29 is 0 Å². The zero-order valence-corrected chi connectivity index (χ0v) is 33.4. The number of nitriles is 1. The van der Waals surface area contributed by atoms with E-state index >= 15 is 0 Å². The molecule has 12 nitrogen and oxygen atoms in total. The zero-order valence-electron chi connectivity index (χ0n) is 30.2. The molecular formula is C39H35BrN12S2. The number of aromatic nitrogens is 9. The molecule has 0 aliphatic rings. The van der Waals surface area contributed by atoms with Crippen LogP contribution in [0.1, 0.15) is 28.4 Å². The Morgan fingerprint density at radius 2 is 1.65 bits per heavy atom. The minimum atomic E-state index is -0.194. The lowest BCUT2D eigenvalue weighted by molar-refractivity contribution is 0.262. The second kappa shape index (κ2) is 15.4. The molecule has 3 aromatic carbocycles. The molecule has 15 heteroatoms. The minimum absolute atomic E-state index is 0.194. The molecule has 0 aliphatic carbocycles. The highest BCUT2D eigenvalue weighted by Crippen LogP contribution is 2.29. The summed E-state index contributed by atoms with van der Waals surface area (Å²) in [7, 11) is 7.90. The Labute approximate surface area is 330 Å². The molecule has 5 aromatic heterocycles. The van der Waals surface area contributed by atoms with Crippen molar-refractivity contribution in [3.63, 3.8) is 0 Å². The molecule has 54 heavy (non-hydrogen) atoms. The summed E-state index contributed by atoms with van der Waals surface area (Å²) in [5.41, 5.74) is 5.82. The summed E-state index contributed by atoms with van der Waals surface area (Å²) in [5, 5.41) is 28.3. The van der Waals surface area contributed by atoms with Crippen LogP contribution >= 0.6 is 40.4 Å². The van der Waals surface area contributed by atoms with E-state index in [1.807, 2.05) is 113 Å². The van der Waals surface area contributed by atoms with E-state index in [1.54, 1.807) is 12.5 Å². The number of rotatable bonds is 7. The maximum Gasteiger partial charge on any atom is 0.238 e. The third-order valence-corrected chi connectivity index (χ3v) is 10.3. The standard InChI is InChI=1S/C20H20N6S.C19H15BrN6S/c1-14-8-9-17-16(12-14)18(27)25(11-5-7-15-6-4-10-21-13-15)20-23-22-19(24(2)3)26(17)20;1-24(2)17(13-5-3-12(10-21)4-6-13)26-18(27)15-9-14(20)7-8-16(15)25-11-22-23-19(25)26/h4-10,12-13H,11H2,1-3H3;3-9,11,17H,1-2H3. The molecule has 0 saturated heterocycles. The van der Waals surface area contributed by atoms with Gasteiger partial charge in [0.15, 0.2) is 0 Å². The summed E-state index contributed by atoms with van der Waals surface area (Å²) >= 11 is 15.2. The first-order valence-electron chi connectivity index (χ1n) is 16.9. The average Bonchev–Trinajstić information content (AvgIpc) is 3.84. The number of hydrogen-bond donors (Lipinski definition) is 0. The highest BCUT2D eigenvalue weighted by molar-refractivity contribution is 9.10. The third-order valence-electron chi connectivity index (χ3n) is 8.91. The monoisotopic (exact) mass is 814 g/mol. The Hall–Kier alpha value is -5.66. The smallest absolute Gasteiger partial charge is 0.238 e. The van der Waals surface area contributed by atoms with Gasteiger partial charge < -0.3 is 4.90 Å². The lowest BCUT2D eigenvalue weighted by Gasteiger charge is -2.28. The molecular weight excluding hydrogens is 781 g/mol. The fourth-order valence-corrected chi connectivity index (χ4v) is 7.46. The number of pyridine rings is 1. The second-order valence-corrected chi connectivity index (χ2v) is 14.8. The van der Waals surface area contributed by atoms with Crippen LogP contribution in [-0.4, -0.2) is 76.4 Å². The second-order valence-electron chi connectivity index (χ2n) is 13.1. The van der Waals surface area contributed by atoms with Crippen molar-refractivity contribution in [3.05, 3.63) is 134 Å². The van der Waals surface area contributed by atoms with Crippen LogP contribution in [0.15, 0.2) is 102 Å². The molecule has 0 radical (unpaired) electrons. The summed E-state index contributed by atoms with van der Waals surface area (Å²) in [5.74, 6) is 2.17. The van der Waals surface area contributed by atoms with Crippen LogP contribution in [0, 0.1) is 27.5 Å². The van der Waals surface area contributed by atoms with Crippen LogP contribution < -0.4 is 4.90 Å².